The maximum atomic E-state index is 12.6. The minimum absolute atomic E-state index is 0.0268. The van der Waals surface area contributed by atoms with Crippen molar-refractivity contribution in [2.45, 2.75) is 16.7 Å². The Morgan fingerprint density at radius 1 is 1.21 bits per heavy atom. The molecule has 1 fully saturated rings. The molecule has 7 heteroatoms. The lowest BCUT2D eigenvalue weighted by atomic mass is 9.81. The standard InChI is InChI=1S/C17H17N3O3S/c1-24(22,23)12-6-7-15(18-10-12)20-9-8-17(11-20)13-4-2-3-5-14(13)19-16(17)21/h2-7,10H,8-9,11H2,1H3,(H,19,21). The third-order valence-electron chi connectivity index (χ3n) is 4.87. The van der Waals surface area contributed by atoms with Gasteiger partial charge in [0.25, 0.3) is 0 Å². The van der Waals surface area contributed by atoms with Gasteiger partial charge < -0.3 is 10.2 Å². The first-order chi connectivity index (χ1) is 11.4. The lowest BCUT2D eigenvalue weighted by Gasteiger charge is -2.23. The summed E-state index contributed by atoms with van der Waals surface area (Å²) in [5, 5.41) is 2.97. The lowest BCUT2D eigenvalue weighted by Crippen LogP contribution is -2.37. The summed E-state index contributed by atoms with van der Waals surface area (Å²) in [6, 6.07) is 11.0. The number of sulfone groups is 1. The summed E-state index contributed by atoms with van der Waals surface area (Å²) in [5.74, 6) is 0.718. The van der Waals surface area contributed by atoms with Crippen LogP contribution >= 0.6 is 0 Å². The maximum Gasteiger partial charge on any atom is 0.236 e. The molecule has 24 heavy (non-hydrogen) atoms. The van der Waals surface area contributed by atoms with E-state index in [1.54, 1.807) is 12.1 Å². The number of rotatable bonds is 2. The smallest absolute Gasteiger partial charge is 0.236 e. The van der Waals surface area contributed by atoms with E-state index in [0.29, 0.717) is 25.3 Å². The van der Waals surface area contributed by atoms with Gasteiger partial charge in [-0.15, -0.1) is 0 Å². The molecular formula is C17H17N3O3S. The number of pyridine rings is 1. The molecule has 1 atom stereocenters. The monoisotopic (exact) mass is 343 g/mol. The lowest BCUT2D eigenvalue weighted by molar-refractivity contribution is -0.120. The van der Waals surface area contributed by atoms with Crippen molar-refractivity contribution in [3.63, 3.8) is 0 Å². The number of carbonyl (C=O) groups is 1. The highest BCUT2D eigenvalue weighted by Crippen LogP contribution is 2.44. The van der Waals surface area contributed by atoms with E-state index in [4.69, 9.17) is 0 Å². The van der Waals surface area contributed by atoms with Gasteiger partial charge in [-0.25, -0.2) is 13.4 Å². The van der Waals surface area contributed by atoms with Crippen LogP contribution in [0, 0.1) is 0 Å². The van der Waals surface area contributed by atoms with E-state index in [1.165, 1.54) is 6.20 Å². The van der Waals surface area contributed by atoms with Crippen LogP contribution in [0.25, 0.3) is 0 Å². The molecule has 2 aliphatic rings. The molecule has 0 radical (unpaired) electrons. The molecule has 1 saturated heterocycles. The van der Waals surface area contributed by atoms with Gasteiger partial charge in [0.05, 0.1) is 10.3 Å². The molecule has 1 N–H and O–H groups in total. The number of carbonyl (C=O) groups excluding carboxylic acids is 1. The molecule has 0 aliphatic carbocycles. The van der Waals surface area contributed by atoms with E-state index in [0.717, 1.165) is 17.5 Å². The molecule has 1 spiro atoms. The van der Waals surface area contributed by atoms with E-state index < -0.39 is 15.3 Å². The summed E-state index contributed by atoms with van der Waals surface area (Å²) in [7, 11) is -3.26. The number of amides is 1. The molecule has 1 amide bonds. The van der Waals surface area contributed by atoms with Crippen LogP contribution in [-0.2, 0) is 20.0 Å². The number of hydrogen-bond acceptors (Lipinski definition) is 5. The van der Waals surface area contributed by atoms with Crippen LogP contribution in [0.5, 0.6) is 0 Å². The second-order valence-corrected chi connectivity index (χ2v) is 8.39. The number of hydrogen-bond donors (Lipinski definition) is 1. The van der Waals surface area contributed by atoms with Crippen molar-refractivity contribution in [2.75, 3.05) is 29.6 Å². The number of benzene rings is 1. The SMILES string of the molecule is CS(=O)(=O)c1ccc(N2CCC3(C2)C(=O)Nc2ccccc23)nc1. The molecule has 2 aromatic rings. The van der Waals surface area contributed by atoms with Crippen molar-refractivity contribution < 1.29 is 13.2 Å². The minimum Gasteiger partial charge on any atom is -0.355 e. The summed E-state index contributed by atoms with van der Waals surface area (Å²) >= 11 is 0. The first kappa shape index (κ1) is 15.1. The van der Waals surface area contributed by atoms with E-state index >= 15 is 0 Å². The normalized spacial score (nSPS) is 22.7. The molecule has 0 bridgehead atoms. The molecule has 1 unspecified atom stereocenters. The third-order valence-corrected chi connectivity index (χ3v) is 5.97. The van der Waals surface area contributed by atoms with Gasteiger partial charge in [0.1, 0.15) is 5.82 Å². The van der Waals surface area contributed by atoms with Crippen molar-refractivity contribution >= 4 is 27.2 Å². The number of anilines is 2. The van der Waals surface area contributed by atoms with Crippen LogP contribution < -0.4 is 10.2 Å². The molecular weight excluding hydrogens is 326 g/mol. The highest BCUT2D eigenvalue weighted by molar-refractivity contribution is 7.90. The number of nitrogens with zero attached hydrogens (tertiary/aromatic N) is 2. The Morgan fingerprint density at radius 2 is 2.00 bits per heavy atom. The van der Waals surface area contributed by atoms with Gasteiger partial charge >= 0.3 is 0 Å². The van der Waals surface area contributed by atoms with Gasteiger partial charge in [-0.3, -0.25) is 4.79 Å². The Hall–Kier alpha value is -2.41. The Labute approximate surface area is 140 Å². The number of fused-ring (bicyclic) bond motifs is 2. The first-order valence-electron chi connectivity index (χ1n) is 7.72. The van der Waals surface area contributed by atoms with Gasteiger partial charge in [0, 0.05) is 31.2 Å². The van der Waals surface area contributed by atoms with Crippen molar-refractivity contribution in [1.82, 2.24) is 4.98 Å². The summed E-state index contributed by atoms with van der Waals surface area (Å²) in [5.41, 5.74) is 1.36. The molecule has 1 aromatic carbocycles. The summed E-state index contributed by atoms with van der Waals surface area (Å²) < 4.78 is 23.1. The fourth-order valence-electron chi connectivity index (χ4n) is 3.56. The number of para-hydroxylation sites is 1. The number of aromatic nitrogens is 1. The predicted molar refractivity (Wildman–Crippen MR) is 90.9 cm³/mol. The Balaban J connectivity index is 1.65. The van der Waals surface area contributed by atoms with Crippen LogP contribution in [0.1, 0.15) is 12.0 Å². The summed E-state index contributed by atoms with van der Waals surface area (Å²) in [4.78, 5) is 19.1. The molecule has 1 aromatic heterocycles. The van der Waals surface area contributed by atoms with Crippen LogP contribution in [0.3, 0.4) is 0 Å². The fraction of sp³-hybridized carbons (Fsp3) is 0.294. The first-order valence-corrected chi connectivity index (χ1v) is 9.61. The zero-order chi connectivity index (χ0) is 16.9. The van der Waals surface area contributed by atoms with Gasteiger partial charge in [-0.1, -0.05) is 18.2 Å². The summed E-state index contributed by atoms with van der Waals surface area (Å²) in [6.07, 6.45) is 3.25. The van der Waals surface area contributed by atoms with Crippen LogP contribution in [0.2, 0.25) is 0 Å². The predicted octanol–water partition coefficient (Wildman–Crippen LogP) is 1.59. The van der Waals surface area contributed by atoms with E-state index in [1.807, 2.05) is 29.2 Å². The largest absolute Gasteiger partial charge is 0.355 e. The second kappa shape index (κ2) is 5.04. The highest BCUT2D eigenvalue weighted by Gasteiger charge is 2.51. The average molecular weight is 343 g/mol. The zero-order valence-electron chi connectivity index (χ0n) is 13.2. The van der Waals surface area contributed by atoms with Gasteiger partial charge in [0.15, 0.2) is 9.84 Å². The maximum absolute atomic E-state index is 12.6. The van der Waals surface area contributed by atoms with Crippen LogP contribution in [0.4, 0.5) is 11.5 Å². The van der Waals surface area contributed by atoms with E-state index in [9.17, 15) is 13.2 Å². The third kappa shape index (κ3) is 2.19. The zero-order valence-corrected chi connectivity index (χ0v) is 14.0. The Kier molecular flexibility index (Phi) is 3.18. The average Bonchev–Trinajstić information content (AvgIpc) is 3.11. The van der Waals surface area contributed by atoms with Crippen molar-refractivity contribution in [2.24, 2.45) is 0 Å². The molecule has 124 valence electrons. The fourth-order valence-corrected chi connectivity index (χ4v) is 4.12. The Bertz CT molecular complexity index is 924. The molecule has 4 rings (SSSR count). The Morgan fingerprint density at radius 3 is 2.71 bits per heavy atom. The minimum atomic E-state index is -3.26. The van der Waals surface area contributed by atoms with Gasteiger partial charge in [-0.05, 0) is 30.2 Å². The molecule has 6 nitrogen and oxygen atoms in total. The highest BCUT2D eigenvalue weighted by atomic mass is 32.2. The van der Waals surface area contributed by atoms with Crippen LogP contribution in [0.15, 0.2) is 47.5 Å². The van der Waals surface area contributed by atoms with Crippen molar-refractivity contribution in [3.05, 3.63) is 48.2 Å². The van der Waals surface area contributed by atoms with E-state index in [-0.39, 0.29) is 10.8 Å². The van der Waals surface area contributed by atoms with Crippen molar-refractivity contribution in [3.8, 4) is 0 Å². The van der Waals surface area contributed by atoms with Gasteiger partial charge in [-0.2, -0.15) is 0 Å². The van der Waals surface area contributed by atoms with E-state index in [2.05, 4.69) is 10.3 Å². The molecule has 3 heterocycles. The van der Waals surface area contributed by atoms with Crippen molar-refractivity contribution in [1.29, 1.82) is 0 Å². The summed E-state index contributed by atoms with van der Waals surface area (Å²) in [6.45, 7) is 1.24. The van der Waals surface area contributed by atoms with Gasteiger partial charge in [0.2, 0.25) is 5.91 Å². The molecule has 2 aliphatic heterocycles. The number of nitrogens with one attached hydrogen (secondary N) is 1. The topological polar surface area (TPSA) is 79.4 Å². The van der Waals surface area contributed by atoms with Crippen LogP contribution in [-0.4, -0.2) is 38.7 Å². The second-order valence-electron chi connectivity index (χ2n) is 6.38. The quantitative estimate of drug-likeness (QED) is 0.896. The molecule has 0 saturated carbocycles.